The van der Waals surface area contributed by atoms with E-state index in [1.165, 1.54) is 23.7 Å². The van der Waals surface area contributed by atoms with E-state index in [9.17, 15) is 14.4 Å². The number of fused-ring (bicyclic) bond motifs is 2. The van der Waals surface area contributed by atoms with Gasteiger partial charge in [-0.1, -0.05) is 28.9 Å². The smallest absolute Gasteiger partial charge is 0.392 e. The van der Waals surface area contributed by atoms with Crippen LogP contribution in [-0.2, 0) is 9.59 Å². The molecular weight excluding hydrogens is 458 g/mol. The number of primary amides is 1. The SMILES string of the molecule is CN1C(=O)C2C(=NC(=[N+]3CCC(C(N)=O)CC3)N2CCSc2nc3ccccc3o2)N(C)C1=O. The first kappa shape index (κ1) is 22.4. The largest absolute Gasteiger partial charge is 0.431 e. The second-order valence-electron chi connectivity index (χ2n) is 8.56. The number of amidine groups is 1. The van der Waals surface area contributed by atoms with Crippen molar-refractivity contribution in [1.82, 2.24) is 19.7 Å². The zero-order valence-corrected chi connectivity index (χ0v) is 19.8. The maximum Gasteiger partial charge on any atom is 0.392 e. The molecule has 1 aromatic heterocycles. The standard InChI is InChI=1S/C22H25N7O4S/c1-26-18-16(19(31)27(2)22(26)32)29(20(25-18)28-9-7-13(8-10-28)17(23)30)11-12-34-21-24-14-5-3-4-6-15(14)33-21/h3-6,13,16H,7-12H2,1-2H3,(H-,23,30)/p+1. The number of hydrogen-bond acceptors (Lipinski definition) is 6. The van der Waals surface area contributed by atoms with Gasteiger partial charge in [-0.05, 0) is 25.0 Å². The van der Waals surface area contributed by atoms with Crippen molar-refractivity contribution in [3.63, 3.8) is 0 Å². The second-order valence-corrected chi connectivity index (χ2v) is 9.61. The number of imide groups is 1. The Morgan fingerprint density at radius 3 is 2.65 bits per heavy atom. The van der Waals surface area contributed by atoms with Crippen molar-refractivity contribution >= 4 is 52.5 Å². The average molecular weight is 485 g/mol. The molecule has 5 rings (SSSR count). The van der Waals surface area contributed by atoms with Gasteiger partial charge in [0.05, 0.1) is 19.6 Å². The van der Waals surface area contributed by atoms with Gasteiger partial charge in [0.2, 0.25) is 17.8 Å². The molecule has 0 aliphatic carbocycles. The highest BCUT2D eigenvalue weighted by molar-refractivity contribution is 7.99. The van der Waals surface area contributed by atoms with Gasteiger partial charge in [-0.15, -0.1) is 0 Å². The van der Waals surface area contributed by atoms with E-state index in [1.807, 2.05) is 29.2 Å². The van der Waals surface area contributed by atoms with Gasteiger partial charge in [-0.25, -0.2) is 14.7 Å². The lowest BCUT2D eigenvalue weighted by Crippen LogP contribution is -2.63. The quantitative estimate of drug-likeness (QED) is 0.491. The molecular formula is C22H26N7O4S+. The molecule has 11 nitrogen and oxygen atoms in total. The van der Waals surface area contributed by atoms with Gasteiger partial charge >= 0.3 is 12.0 Å². The molecule has 0 radical (unpaired) electrons. The number of para-hydroxylation sites is 2. The summed E-state index contributed by atoms with van der Waals surface area (Å²) >= 11 is 1.46. The number of carbonyl (C=O) groups excluding carboxylic acids is 3. The summed E-state index contributed by atoms with van der Waals surface area (Å²) in [7, 11) is 3.12. The summed E-state index contributed by atoms with van der Waals surface area (Å²) in [5, 5.41) is 0.560. The maximum absolute atomic E-state index is 13.1. The Hall–Kier alpha value is -3.41. The molecule has 178 valence electrons. The number of piperidine rings is 1. The maximum atomic E-state index is 13.1. The van der Waals surface area contributed by atoms with E-state index >= 15 is 0 Å². The molecule has 4 amide bonds. The fraction of sp³-hybridized carbons (Fsp3) is 0.455. The minimum atomic E-state index is -0.680. The number of urea groups is 1. The van der Waals surface area contributed by atoms with Gasteiger partial charge in [0.25, 0.3) is 11.1 Å². The number of aliphatic imine (C=N–C) groups is 1. The molecule has 12 heteroatoms. The van der Waals surface area contributed by atoms with Crippen LogP contribution in [0.25, 0.3) is 11.1 Å². The Labute approximate surface area is 200 Å². The van der Waals surface area contributed by atoms with Crippen molar-refractivity contribution in [3.8, 4) is 0 Å². The third kappa shape index (κ3) is 3.81. The molecule has 2 N–H and O–H groups in total. The fourth-order valence-corrected chi connectivity index (χ4v) is 5.35. The molecule has 34 heavy (non-hydrogen) atoms. The highest BCUT2D eigenvalue weighted by atomic mass is 32.2. The molecule has 1 atom stereocenters. The number of hydrogen-bond donors (Lipinski definition) is 1. The number of oxazole rings is 1. The van der Waals surface area contributed by atoms with Gasteiger partial charge < -0.3 is 10.2 Å². The van der Waals surface area contributed by atoms with Crippen LogP contribution in [0.5, 0.6) is 0 Å². The molecule has 3 aliphatic heterocycles. The first-order chi connectivity index (χ1) is 16.3. The number of nitrogens with two attached hydrogens (primary N) is 1. The minimum Gasteiger partial charge on any atom is -0.431 e. The Morgan fingerprint density at radius 1 is 1.21 bits per heavy atom. The van der Waals surface area contributed by atoms with Gasteiger partial charge in [-0.3, -0.25) is 24.0 Å². The summed E-state index contributed by atoms with van der Waals surface area (Å²) in [5.74, 6) is 0.910. The Balaban J connectivity index is 1.40. The van der Waals surface area contributed by atoms with Crippen LogP contribution in [0.15, 0.2) is 38.9 Å². The van der Waals surface area contributed by atoms with Crippen molar-refractivity contribution in [1.29, 1.82) is 0 Å². The number of aromatic nitrogens is 1. The summed E-state index contributed by atoms with van der Waals surface area (Å²) in [6, 6.07) is 6.49. The van der Waals surface area contributed by atoms with Crippen LogP contribution < -0.4 is 5.73 Å². The van der Waals surface area contributed by atoms with Crippen molar-refractivity contribution in [2.75, 3.05) is 39.5 Å². The number of carbonyl (C=O) groups is 3. The van der Waals surface area contributed by atoms with Crippen molar-refractivity contribution in [2.45, 2.75) is 24.1 Å². The van der Waals surface area contributed by atoms with Crippen molar-refractivity contribution in [3.05, 3.63) is 24.3 Å². The topological polar surface area (TPSA) is 128 Å². The van der Waals surface area contributed by atoms with Crippen LogP contribution in [0.4, 0.5) is 4.79 Å². The molecule has 1 unspecified atom stereocenters. The predicted octanol–water partition coefficient (Wildman–Crippen LogP) is 0.790. The highest BCUT2D eigenvalue weighted by Crippen LogP contribution is 2.27. The van der Waals surface area contributed by atoms with Gasteiger partial charge in [0.1, 0.15) is 5.52 Å². The van der Waals surface area contributed by atoms with E-state index in [1.54, 1.807) is 7.05 Å². The molecule has 2 aromatic rings. The summed E-state index contributed by atoms with van der Waals surface area (Å²) in [6.45, 7) is 1.69. The Morgan fingerprint density at radius 2 is 1.94 bits per heavy atom. The van der Waals surface area contributed by atoms with Crippen LogP contribution in [0, 0.1) is 5.92 Å². The van der Waals surface area contributed by atoms with E-state index in [0.29, 0.717) is 55.2 Å². The number of rotatable bonds is 5. The van der Waals surface area contributed by atoms with E-state index in [0.717, 1.165) is 16.0 Å². The predicted molar refractivity (Wildman–Crippen MR) is 126 cm³/mol. The summed E-state index contributed by atoms with van der Waals surface area (Å²) in [5.41, 5.74) is 7.01. The third-order valence-electron chi connectivity index (χ3n) is 6.52. The number of guanidine groups is 1. The van der Waals surface area contributed by atoms with E-state index in [2.05, 4.69) is 9.56 Å². The van der Waals surface area contributed by atoms with Crippen LogP contribution in [0.3, 0.4) is 0 Å². The highest BCUT2D eigenvalue weighted by Gasteiger charge is 2.55. The zero-order valence-electron chi connectivity index (χ0n) is 19.0. The third-order valence-corrected chi connectivity index (χ3v) is 7.33. The number of amides is 4. The van der Waals surface area contributed by atoms with E-state index < -0.39 is 12.1 Å². The number of thioether (sulfide) groups is 1. The minimum absolute atomic E-state index is 0.159. The normalized spacial score (nSPS) is 23.1. The lowest BCUT2D eigenvalue weighted by molar-refractivity contribution is -0.544. The molecule has 4 heterocycles. The fourth-order valence-electron chi connectivity index (χ4n) is 4.58. The zero-order chi connectivity index (χ0) is 24.0. The van der Waals surface area contributed by atoms with Gasteiger partial charge in [0, 0.05) is 25.8 Å². The number of benzene rings is 1. The molecule has 0 saturated carbocycles. The van der Waals surface area contributed by atoms with Gasteiger partial charge in [0.15, 0.2) is 5.58 Å². The van der Waals surface area contributed by atoms with E-state index in [-0.39, 0.29) is 17.7 Å². The Bertz CT molecular complexity index is 1200. The Kier molecular flexibility index (Phi) is 5.76. The number of likely N-dealkylation sites (N-methyl/N-ethyl adjacent to an activating group) is 2. The first-order valence-corrected chi connectivity index (χ1v) is 12.1. The molecule has 0 bridgehead atoms. The molecule has 2 fully saturated rings. The average Bonchev–Trinajstić information content (AvgIpc) is 3.43. The van der Waals surface area contributed by atoms with Crippen LogP contribution >= 0.6 is 11.8 Å². The van der Waals surface area contributed by atoms with Gasteiger partial charge in [-0.2, -0.15) is 0 Å². The lowest BCUT2D eigenvalue weighted by atomic mass is 9.97. The van der Waals surface area contributed by atoms with Crippen molar-refractivity contribution < 1.29 is 23.4 Å². The summed E-state index contributed by atoms with van der Waals surface area (Å²) < 4.78 is 7.87. The number of nitrogens with zero attached hydrogens (tertiary/aromatic N) is 6. The molecule has 1 aromatic carbocycles. The van der Waals surface area contributed by atoms with Crippen LogP contribution in [0.1, 0.15) is 12.8 Å². The van der Waals surface area contributed by atoms with Crippen LogP contribution in [0.2, 0.25) is 0 Å². The summed E-state index contributed by atoms with van der Waals surface area (Å²) in [4.78, 5) is 51.0. The molecule has 3 aliphatic rings. The van der Waals surface area contributed by atoms with E-state index in [4.69, 9.17) is 15.1 Å². The molecule has 2 saturated heterocycles. The van der Waals surface area contributed by atoms with Crippen LogP contribution in [-0.4, -0.2) is 99.4 Å². The monoisotopic (exact) mass is 484 g/mol. The second kappa shape index (κ2) is 8.75. The first-order valence-electron chi connectivity index (χ1n) is 11.1. The summed E-state index contributed by atoms with van der Waals surface area (Å²) in [6.07, 6.45) is 1.25. The lowest BCUT2D eigenvalue weighted by Gasteiger charge is -2.33. The van der Waals surface area contributed by atoms with Crippen molar-refractivity contribution in [2.24, 2.45) is 16.6 Å². The molecule has 0 spiro atoms.